The number of hydrogen-bond donors (Lipinski definition) is 1. The molecule has 0 aliphatic rings. The zero-order valence-corrected chi connectivity index (χ0v) is 14.3. The Morgan fingerprint density at radius 1 is 1.32 bits per heavy atom. The lowest BCUT2D eigenvalue weighted by Gasteiger charge is -2.21. The molecule has 0 bridgehead atoms. The minimum absolute atomic E-state index is 0.475. The van der Waals surface area contributed by atoms with Gasteiger partial charge in [0, 0.05) is 15.2 Å². The van der Waals surface area contributed by atoms with E-state index in [0.29, 0.717) is 6.04 Å². The maximum Gasteiger partial charge on any atom is 0.0488 e. The lowest BCUT2D eigenvalue weighted by molar-refractivity contribution is 0.410. The highest BCUT2D eigenvalue weighted by Crippen LogP contribution is 2.37. The summed E-state index contributed by atoms with van der Waals surface area (Å²) in [4.78, 5) is 0. The van der Waals surface area contributed by atoms with E-state index in [1.807, 2.05) is 11.3 Å². The molecule has 0 saturated carbocycles. The topological polar surface area (TPSA) is 12.0 Å². The van der Waals surface area contributed by atoms with Crippen LogP contribution in [0.4, 0.5) is 0 Å². The van der Waals surface area contributed by atoms with Crippen LogP contribution in [0.1, 0.15) is 45.2 Å². The molecular formula is C16H22BrNS. The SMILES string of the molecule is CCNC(CC(C)CC)c1csc2c(Br)cccc12. The first kappa shape index (κ1) is 15.0. The van der Waals surface area contributed by atoms with E-state index in [1.165, 1.54) is 33.0 Å². The summed E-state index contributed by atoms with van der Waals surface area (Å²) in [6.45, 7) is 7.82. The Bertz CT molecular complexity index is 535. The third-order valence-electron chi connectivity index (χ3n) is 3.74. The molecule has 2 rings (SSSR count). The zero-order valence-electron chi connectivity index (χ0n) is 11.9. The van der Waals surface area contributed by atoms with Gasteiger partial charge in [0.1, 0.15) is 0 Å². The predicted molar refractivity (Wildman–Crippen MR) is 90.0 cm³/mol. The highest BCUT2D eigenvalue weighted by molar-refractivity contribution is 9.10. The lowest BCUT2D eigenvalue weighted by Crippen LogP contribution is -2.22. The molecule has 2 aromatic rings. The Morgan fingerprint density at radius 3 is 2.79 bits per heavy atom. The fourth-order valence-electron chi connectivity index (χ4n) is 2.45. The molecule has 0 aliphatic heterocycles. The molecule has 1 heterocycles. The molecule has 104 valence electrons. The predicted octanol–water partition coefficient (Wildman–Crippen LogP) is 5.75. The Hall–Kier alpha value is -0.380. The van der Waals surface area contributed by atoms with Crippen LogP contribution >= 0.6 is 27.3 Å². The van der Waals surface area contributed by atoms with E-state index < -0.39 is 0 Å². The van der Waals surface area contributed by atoms with Gasteiger partial charge < -0.3 is 5.32 Å². The van der Waals surface area contributed by atoms with Gasteiger partial charge in [0.15, 0.2) is 0 Å². The van der Waals surface area contributed by atoms with E-state index >= 15 is 0 Å². The van der Waals surface area contributed by atoms with Crippen LogP contribution in [-0.2, 0) is 0 Å². The van der Waals surface area contributed by atoms with Crippen LogP contribution in [0.3, 0.4) is 0 Å². The smallest absolute Gasteiger partial charge is 0.0488 e. The molecule has 2 unspecified atom stereocenters. The van der Waals surface area contributed by atoms with Gasteiger partial charge in [0.05, 0.1) is 0 Å². The number of hydrogen-bond acceptors (Lipinski definition) is 2. The number of benzene rings is 1. The largest absolute Gasteiger partial charge is 0.310 e. The van der Waals surface area contributed by atoms with E-state index in [1.54, 1.807) is 0 Å². The van der Waals surface area contributed by atoms with E-state index in [0.717, 1.165) is 12.5 Å². The molecule has 0 fully saturated rings. The van der Waals surface area contributed by atoms with Crippen molar-refractivity contribution in [2.24, 2.45) is 5.92 Å². The molecule has 0 amide bonds. The molecular weight excluding hydrogens is 318 g/mol. The Kier molecular flexibility index (Phi) is 5.43. The van der Waals surface area contributed by atoms with Gasteiger partial charge in [-0.05, 0) is 57.2 Å². The summed E-state index contributed by atoms with van der Waals surface area (Å²) in [5, 5.41) is 7.37. The quantitative estimate of drug-likeness (QED) is 0.706. The molecule has 0 radical (unpaired) electrons. The van der Waals surface area contributed by atoms with Gasteiger partial charge in [-0.15, -0.1) is 11.3 Å². The van der Waals surface area contributed by atoms with Crippen molar-refractivity contribution >= 4 is 37.4 Å². The summed E-state index contributed by atoms with van der Waals surface area (Å²) in [6, 6.07) is 6.98. The maximum atomic E-state index is 3.65. The third kappa shape index (κ3) is 3.39. The number of rotatable bonds is 6. The highest BCUT2D eigenvalue weighted by Gasteiger charge is 2.18. The van der Waals surface area contributed by atoms with Gasteiger partial charge in [0.25, 0.3) is 0 Å². The van der Waals surface area contributed by atoms with Gasteiger partial charge in [-0.1, -0.05) is 39.3 Å². The van der Waals surface area contributed by atoms with E-state index in [-0.39, 0.29) is 0 Å². The van der Waals surface area contributed by atoms with Gasteiger partial charge in [-0.25, -0.2) is 0 Å². The van der Waals surface area contributed by atoms with Crippen LogP contribution < -0.4 is 5.32 Å². The molecule has 0 saturated heterocycles. The molecule has 0 spiro atoms. The van der Waals surface area contributed by atoms with Gasteiger partial charge >= 0.3 is 0 Å². The number of nitrogens with one attached hydrogen (secondary N) is 1. The molecule has 1 aromatic carbocycles. The third-order valence-corrected chi connectivity index (χ3v) is 5.71. The number of halogens is 1. The van der Waals surface area contributed by atoms with Crippen molar-refractivity contribution in [1.82, 2.24) is 5.32 Å². The average Bonchev–Trinajstić information content (AvgIpc) is 2.83. The van der Waals surface area contributed by atoms with Crippen LogP contribution in [0.15, 0.2) is 28.1 Å². The van der Waals surface area contributed by atoms with Gasteiger partial charge in [0.2, 0.25) is 0 Å². The second-order valence-corrected chi connectivity index (χ2v) is 6.90. The van der Waals surface area contributed by atoms with Crippen molar-refractivity contribution in [1.29, 1.82) is 0 Å². The number of thiophene rings is 1. The highest BCUT2D eigenvalue weighted by atomic mass is 79.9. The first-order chi connectivity index (χ1) is 9.17. The lowest BCUT2D eigenvalue weighted by atomic mass is 9.94. The van der Waals surface area contributed by atoms with Crippen LogP contribution in [0.5, 0.6) is 0 Å². The fourth-order valence-corrected chi connectivity index (χ4v) is 4.12. The fraction of sp³-hybridized carbons (Fsp3) is 0.500. The van der Waals surface area contributed by atoms with E-state index in [9.17, 15) is 0 Å². The van der Waals surface area contributed by atoms with Crippen molar-refractivity contribution in [3.63, 3.8) is 0 Å². The van der Waals surface area contributed by atoms with Crippen LogP contribution in [0.2, 0.25) is 0 Å². The summed E-state index contributed by atoms with van der Waals surface area (Å²) in [5.74, 6) is 0.756. The van der Waals surface area contributed by atoms with Crippen molar-refractivity contribution in [2.45, 2.75) is 39.7 Å². The Labute approximate surface area is 128 Å². The maximum absolute atomic E-state index is 3.65. The molecule has 3 heteroatoms. The van der Waals surface area contributed by atoms with Crippen molar-refractivity contribution < 1.29 is 0 Å². The Morgan fingerprint density at radius 2 is 2.11 bits per heavy atom. The van der Waals surface area contributed by atoms with E-state index in [2.05, 4.69) is 65.6 Å². The molecule has 19 heavy (non-hydrogen) atoms. The Balaban J connectivity index is 2.36. The van der Waals surface area contributed by atoms with Gasteiger partial charge in [-0.2, -0.15) is 0 Å². The summed E-state index contributed by atoms with van der Waals surface area (Å²) < 4.78 is 2.57. The summed E-state index contributed by atoms with van der Waals surface area (Å²) >= 11 is 5.50. The van der Waals surface area contributed by atoms with Gasteiger partial charge in [-0.3, -0.25) is 0 Å². The van der Waals surface area contributed by atoms with Crippen molar-refractivity contribution in [2.75, 3.05) is 6.54 Å². The summed E-state index contributed by atoms with van der Waals surface area (Å²) in [5.41, 5.74) is 1.46. The van der Waals surface area contributed by atoms with Crippen LogP contribution in [0.25, 0.3) is 10.1 Å². The minimum atomic E-state index is 0.475. The molecule has 0 aliphatic carbocycles. The number of fused-ring (bicyclic) bond motifs is 1. The molecule has 2 atom stereocenters. The average molecular weight is 340 g/mol. The van der Waals surface area contributed by atoms with E-state index in [4.69, 9.17) is 0 Å². The zero-order chi connectivity index (χ0) is 13.8. The second kappa shape index (κ2) is 6.87. The second-order valence-electron chi connectivity index (χ2n) is 5.17. The van der Waals surface area contributed by atoms with Crippen LogP contribution in [0, 0.1) is 5.92 Å². The summed E-state index contributed by atoms with van der Waals surface area (Å²) in [7, 11) is 0. The first-order valence-corrected chi connectivity index (χ1v) is 8.73. The molecule has 1 aromatic heterocycles. The first-order valence-electron chi connectivity index (χ1n) is 7.06. The normalized spacial score (nSPS) is 14.7. The van der Waals surface area contributed by atoms with Crippen LogP contribution in [-0.4, -0.2) is 6.54 Å². The van der Waals surface area contributed by atoms with Crippen molar-refractivity contribution in [3.05, 3.63) is 33.6 Å². The summed E-state index contributed by atoms with van der Waals surface area (Å²) in [6.07, 6.45) is 2.45. The standard InChI is InChI=1S/C16H22BrNS/c1-4-11(3)9-15(18-5-2)13-10-19-16-12(13)7-6-8-14(16)17/h6-8,10-11,15,18H,4-5,9H2,1-3H3. The minimum Gasteiger partial charge on any atom is -0.310 e. The molecule has 1 nitrogen and oxygen atoms in total. The monoisotopic (exact) mass is 339 g/mol. The van der Waals surface area contributed by atoms with Crippen molar-refractivity contribution in [3.8, 4) is 0 Å². The molecule has 1 N–H and O–H groups in total.